The molecule has 1 aromatic rings. The van der Waals surface area contributed by atoms with E-state index < -0.39 is 17.2 Å². The molecule has 7 nitrogen and oxygen atoms in total. The number of nitrogens with zero attached hydrogens (tertiary/aromatic N) is 3. The second-order valence-corrected chi connectivity index (χ2v) is 8.84. The number of hydrogen-bond donors (Lipinski definition) is 3. The molecule has 6 N–H and O–H groups in total. The van der Waals surface area contributed by atoms with Crippen LogP contribution in [0.25, 0.3) is 0 Å². The van der Waals surface area contributed by atoms with E-state index >= 15 is 0 Å². The van der Waals surface area contributed by atoms with Gasteiger partial charge < -0.3 is 22.1 Å². The van der Waals surface area contributed by atoms with E-state index in [1.54, 1.807) is 12.2 Å². The van der Waals surface area contributed by atoms with Crippen LogP contribution in [0.2, 0.25) is 0 Å². The van der Waals surface area contributed by atoms with Crippen LogP contribution in [0.15, 0.2) is 23.3 Å². The van der Waals surface area contributed by atoms with Crippen LogP contribution in [0.3, 0.4) is 0 Å². The lowest BCUT2D eigenvalue weighted by Crippen LogP contribution is -2.35. The molecular formula is C19H24Cl2N6O. The Morgan fingerprint density at radius 3 is 2.86 bits per heavy atom. The lowest BCUT2D eigenvalue weighted by atomic mass is 9.81. The number of primary amides is 1. The average Bonchev–Trinajstić information content (AvgIpc) is 3.21. The standard InChI is InChI=1S/C19H24Cl2N6O/c20-12-5-1-4-11(14(12)21)13-15(17(24)28)25-18(26-16(13)23)27-7-10-3-2-6-19(10,8-22)9-27/h1,4-5,10-11,14H,2-3,6-9,22H2,(H2,24,28)(H2,23,25,26)/t10-,11?,14?,19-/m1/s1. The van der Waals surface area contributed by atoms with Crippen molar-refractivity contribution in [2.75, 3.05) is 30.3 Å². The smallest absolute Gasteiger partial charge is 0.267 e. The second kappa shape index (κ2) is 7.21. The number of hydrogen-bond acceptors (Lipinski definition) is 6. The van der Waals surface area contributed by atoms with Crippen molar-refractivity contribution in [2.24, 2.45) is 22.8 Å². The molecule has 2 heterocycles. The monoisotopic (exact) mass is 422 g/mol. The van der Waals surface area contributed by atoms with Gasteiger partial charge in [0.15, 0.2) is 0 Å². The highest BCUT2D eigenvalue weighted by atomic mass is 35.5. The Kier molecular flexibility index (Phi) is 5.02. The lowest BCUT2D eigenvalue weighted by molar-refractivity contribution is 0.0994. The van der Waals surface area contributed by atoms with Gasteiger partial charge in [-0.1, -0.05) is 30.2 Å². The van der Waals surface area contributed by atoms with Gasteiger partial charge in [0.1, 0.15) is 11.5 Å². The molecule has 1 saturated heterocycles. The summed E-state index contributed by atoms with van der Waals surface area (Å²) in [6.07, 6.45) is 8.76. The highest BCUT2D eigenvalue weighted by Gasteiger charge is 2.49. The predicted octanol–water partition coefficient (Wildman–Crippen LogP) is 2.11. The number of fused-ring (bicyclic) bond motifs is 1. The summed E-state index contributed by atoms with van der Waals surface area (Å²) < 4.78 is 0. The largest absolute Gasteiger partial charge is 0.383 e. The van der Waals surface area contributed by atoms with E-state index in [9.17, 15) is 4.79 Å². The Balaban J connectivity index is 1.72. The maximum Gasteiger partial charge on any atom is 0.267 e. The predicted molar refractivity (Wildman–Crippen MR) is 111 cm³/mol. The molecule has 0 aromatic carbocycles. The van der Waals surface area contributed by atoms with Crippen LogP contribution in [0, 0.1) is 11.3 Å². The van der Waals surface area contributed by atoms with Crippen molar-refractivity contribution in [3.63, 3.8) is 0 Å². The van der Waals surface area contributed by atoms with Gasteiger partial charge in [0.2, 0.25) is 5.95 Å². The van der Waals surface area contributed by atoms with E-state index in [1.165, 1.54) is 6.42 Å². The summed E-state index contributed by atoms with van der Waals surface area (Å²) in [5.74, 6) is 0.0379. The van der Waals surface area contributed by atoms with Crippen LogP contribution >= 0.6 is 23.2 Å². The zero-order chi connectivity index (χ0) is 20.1. The zero-order valence-electron chi connectivity index (χ0n) is 15.4. The van der Waals surface area contributed by atoms with Gasteiger partial charge in [-0.3, -0.25) is 4.79 Å². The number of rotatable bonds is 4. The minimum atomic E-state index is -0.666. The van der Waals surface area contributed by atoms with Crippen LogP contribution < -0.4 is 22.1 Å². The van der Waals surface area contributed by atoms with Crippen LogP contribution in [-0.4, -0.2) is 40.9 Å². The van der Waals surface area contributed by atoms with Crippen molar-refractivity contribution in [1.29, 1.82) is 0 Å². The van der Waals surface area contributed by atoms with Crippen molar-refractivity contribution in [3.05, 3.63) is 34.5 Å². The first-order valence-electron chi connectivity index (χ1n) is 9.46. The van der Waals surface area contributed by atoms with Gasteiger partial charge in [0.05, 0.1) is 5.38 Å². The number of allylic oxidation sites excluding steroid dienone is 4. The third-order valence-electron chi connectivity index (χ3n) is 6.41. The normalized spacial score (nSPS) is 31.8. The molecule has 2 unspecified atom stereocenters. The molecule has 0 bridgehead atoms. The molecule has 2 aliphatic carbocycles. The van der Waals surface area contributed by atoms with Crippen molar-refractivity contribution in [1.82, 2.24) is 9.97 Å². The number of nitrogen functional groups attached to an aromatic ring is 1. The summed E-state index contributed by atoms with van der Waals surface area (Å²) in [7, 11) is 0. The van der Waals surface area contributed by atoms with Crippen LogP contribution in [0.5, 0.6) is 0 Å². The van der Waals surface area contributed by atoms with E-state index in [-0.39, 0.29) is 16.9 Å². The van der Waals surface area contributed by atoms with Crippen molar-refractivity contribution in [2.45, 2.75) is 30.6 Å². The maximum absolute atomic E-state index is 12.2. The van der Waals surface area contributed by atoms with E-state index in [1.807, 2.05) is 6.08 Å². The molecule has 28 heavy (non-hydrogen) atoms. The van der Waals surface area contributed by atoms with Crippen molar-refractivity contribution in [3.8, 4) is 0 Å². The molecule has 2 fully saturated rings. The minimum Gasteiger partial charge on any atom is -0.383 e. The molecule has 3 aliphatic rings. The van der Waals surface area contributed by atoms with Crippen molar-refractivity contribution < 1.29 is 4.79 Å². The number of amides is 1. The number of halogens is 2. The molecule has 4 rings (SSSR count). The fraction of sp³-hybridized carbons (Fsp3) is 0.526. The summed E-state index contributed by atoms with van der Waals surface area (Å²) >= 11 is 12.6. The maximum atomic E-state index is 12.2. The Bertz CT molecular complexity index is 872. The first kappa shape index (κ1) is 19.5. The average molecular weight is 423 g/mol. The summed E-state index contributed by atoms with van der Waals surface area (Å²) in [5.41, 5.74) is 18.6. The van der Waals surface area contributed by atoms with Crippen LogP contribution in [-0.2, 0) is 0 Å². The minimum absolute atomic E-state index is 0.0908. The van der Waals surface area contributed by atoms with Crippen LogP contribution in [0.1, 0.15) is 41.2 Å². The van der Waals surface area contributed by atoms with Gasteiger partial charge in [-0.15, -0.1) is 11.6 Å². The second-order valence-electron chi connectivity index (χ2n) is 7.94. The lowest BCUT2D eigenvalue weighted by Gasteiger charge is -2.27. The summed E-state index contributed by atoms with van der Waals surface area (Å²) in [6, 6.07) is 0. The molecule has 0 radical (unpaired) electrons. The number of carbonyl (C=O) groups is 1. The number of aromatic nitrogens is 2. The Morgan fingerprint density at radius 2 is 2.18 bits per heavy atom. The summed E-state index contributed by atoms with van der Waals surface area (Å²) in [4.78, 5) is 23.3. The first-order chi connectivity index (χ1) is 13.4. The van der Waals surface area contributed by atoms with Gasteiger partial charge in [-0.2, -0.15) is 4.98 Å². The molecule has 4 atom stereocenters. The van der Waals surface area contributed by atoms with E-state index in [4.69, 9.17) is 40.4 Å². The number of carbonyl (C=O) groups excluding carboxylic acids is 1. The first-order valence-corrected chi connectivity index (χ1v) is 10.3. The van der Waals surface area contributed by atoms with E-state index in [2.05, 4.69) is 14.9 Å². The Morgan fingerprint density at radius 1 is 1.39 bits per heavy atom. The molecule has 150 valence electrons. The fourth-order valence-corrected chi connectivity index (χ4v) is 5.39. The number of anilines is 2. The van der Waals surface area contributed by atoms with Gasteiger partial charge in [-0.25, -0.2) is 4.98 Å². The van der Waals surface area contributed by atoms with Gasteiger partial charge in [0.25, 0.3) is 5.91 Å². The van der Waals surface area contributed by atoms with Gasteiger partial charge in [-0.05, 0) is 31.4 Å². The van der Waals surface area contributed by atoms with Gasteiger partial charge in [0, 0.05) is 35.0 Å². The third-order valence-corrected chi connectivity index (χ3v) is 7.39. The highest BCUT2D eigenvalue weighted by Crippen LogP contribution is 2.49. The zero-order valence-corrected chi connectivity index (χ0v) is 17.0. The topological polar surface area (TPSA) is 124 Å². The molecule has 0 spiro atoms. The summed E-state index contributed by atoms with van der Waals surface area (Å²) in [5, 5.41) is -0.0986. The number of nitrogens with two attached hydrogens (primary N) is 3. The SMILES string of the molecule is NC[C@@]12CCC[C@@H]1CN(c1nc(N)c(C3C=CC=C(Cl)C3Cl)c(C(N)=O)n1)C2. The number of alkyl halides is 1. The molecule has 9 heteroatoms. The van der Waals surface area contributed by atoms with E-state index in [0.717, 1.165) is 25.9 Å². The fourth-order valence-electron chi connectivity index (χ4n) is 4.90. The highest BCUT2D eigenvalue weighted by molar-refractivity contribution is 6.38. The molecular weight excluding hydrogens is 399 g/mol. The van der Waals surface area contributed by atoms with Crippen molar-refractivity contribution >= 4 is 40.9 Å². The molecule has 1 saturated carbocycles. The third kappa shape index (κ3) is 3.06. The Labute approximate surface area is 173 Å². The quantitative estimate of drug-likeness (QED) is 0.638. The van der Waals surface area contributed by atoms with Gasteiger partial charge >= 0.3 is 0 Å². The molecule has 1 aliphatic heterocycles. The Hall–Kier alpha value is -1.83. The summed E-state index contributed by atoms with van der Waals surface area (Å²) in [6.45, 7) is 2.21. The van der Waals surface area contributed by atoms with E-state index in [0.29, 0.717) is 29.0 Å². The molecule has 1 amide bonds. The molecule has 1 aromatic heterocycles. The van der Waals surface area contributed by atoms with Crippen LogP contribution in [0.4, 0.5) is 11.8 Å².